The molecule has 3 atom stereocenters. The Morgan fingerprint density at radius 1 is 1.29 bits per heavy atom. The molecule has 1 aromatic carbocycles. The van der Waals surface area contributed by atoms with E-state index in [1.807, 2.05) is 30.3 Å². The molecule has 132 valence electrons. The molecule has 0 aromatic heterocycles. The number of amides is 1. The van der Waals surface area contributed by atoms with Crippen LogP contribution in [0.15, 0.2) is 30.3 Å². The fourth-order valence-corrected chi connectivity index (χ4v) is 4.39. The van der Waals surface area contributed by atoms with Gasteiger partial charge < -0.3 is 10.1 Å². The van der Waals surface area contributed by atoms with Crippen molar-refractivity contribution in [3.8, 4) is 0 Å². The maximum Gasteiger partial charge on any atom is 0.281 e. The molecular weight excluding hydrogens is 330 g/mol. The third-order valence-electron chi connectivity index (χ3n) is 4.56. The Labute approximate surface area is 142 Å². The first-order chi connectivity index (χ1) is 11.4. The number of benzene rings is 1. The summed E-state index contributed by atoms with van der Waals surface area (Å²) < 4.78 is 33.0. The predicted molar refractivity (Wildman–Crippen MR) is 89.2 cm³/mol. The number of nitrogens with zero attached hydrogens (tertiary/aromatic N) is 2. The fraction of sp³-hybridized carbons (Fsp3) is 0.562. The van der Waals surface area contributed by atoms with Crippen molar-refractivity contribution in [2.75, 3.05) is 27.2 Å². The molecule has 3 rings (SSSR count). The first-order valence-corrected chi connectivity index (χ1v) is 9.42. The van der Waals surface area contributed by atoms with Crippen molar-refractivity contribution < 1.29 is 17.9 Å². The summed E-state index contributed by atoms with van der Waals surface area (Å²) in [7, 11) is -0.454. The zero-order valence-electron chi connectivity index (χ0n) is 13.9. The van der Waals surface area contributed by atoms with Gasteiger partial charge in [-0.15, -0.1) is 0 Å². The third-order valence-corrected chi connectivity index (χ3v) is 6.43. The highest BCUT2D eigenvalue weighted by molar-refractivity contribution is 7.86. The molecule has 24 heavy (non-hydrogen) atoms. The molecule has 2 saturated heterocycles. The van der Waals surface area contributed by atoms with Crippen LogP contribution in [0, 0.1) is 5.92 Å². The highest BCUT2D eigenvalue weighted by atomic mass is 32.2. The van der Waals surface area contributed by atoms with Crippen LogP contribution >= 0.6 is 0 Å². The second-order valence-electron chi connectivity index (χ2n) is 6.45. The standard InChI is InChI=1S/C16H23N3O4S/c1-18(2)24(21,22)19-10-13-8-14(15(11-19)23-13)16(20)17-9-12-6-4-3-5-7-12/h3-7,13-15H,8-11H2,1-2H3,(H,17,20)/t13-,14+,15-/m0/s1. The molecule has 2 heterocycles. The summed E-state index contributed by atoms with van der Waals surface area (Å²) in [4.78, 5) is 12.5. The van der Waals surface area contributed by atoms with Crippen molar-refractivity contribution >= 4 is 16.1 Å². The molecule has 1 aromatic rings. The number of carbonyl (C=O) groups is 1. The van der Waals surface area contributed by atoms with Gasteiger partial charge in [0.05, 0.1) is 18.1 Å². The quantitative estimate of drug-likeness (QED) is 0.820. The number of morpholine rings is 1. The highest BCUT2D eigenvalue weighted by Crippen LogP contribution is 2.33. The summed E-state index contributed by atoms with van der Waals surface area (Å²) in [6.07, 6.45) is -0.0368. The van der Waals surface area contributed by atoms with Gasteiger partial charge in [0.25, 0.3) is 10.2 Å². The van der Waals surface area contributed by atoms with E-state index in [0.29, 0.717) is 19.5 Å². The van der Waals surface area contributed by atoms with Crippen LogP contribution in [0.4, 0.5) is 0 Å². The summed E-state index contributed by atoms with van der Waals surface area (Å²) >= 11 is 0. The summed E-state index contributed by atoms with van der Waals surface area (Å²) in [6, 6.07) is 9.69. The zero-order chi connectivity index (χ0) is 17.3. The van der Waals surface area contributed by atoms with Gasteiger partial charge in [0, 0.05) is 33.7 Å². The molecule has 7 nitrogen and oxygen atoms in total. The van der Waals surface area contributed by atoms with Crippen molar-refractivity contribution in [1.29, 1.82) is 0 Å². The van der Waals surface area contributed by atoms with Gasteiger partial charge in [-0.3, -0.25) is 4.79 Å². The third kappa shape index (κ3) is 3.46. The van der Waals surface area contributed by atoms with E-state index in [9.17, 15) is 13.2 Å². The number of hydrogen-bond donors (Lipinski definition) is 1. The van der Waals surface area contributed by atoms with E-state index in [4.69, 9.17) is 4.74 Å². The van der Waals surface area contributed by atoms with Gasteiger partial charge in [-0.05, 0) is 12.0 Å². The summed E-state index contributed by atoms with van der Waals surface area (Å²) in [6.45, 7) is 0.993. The van der Waals surface area contributed by atoms with Crippen molar-refractivity contribution in [2.45, 2.75) is 25.2 Å². The Kier molecular flexibility index (Phi) is 4.91. The van der Waals surface area contributed by atoms with Crippen molar-refractivity contribution in [3.63, 3.8) is 0 Å². The second-order valence-corrected chi connectivity index (χ2v) is 8.59. The van der Waals surface area contributed by atoms with E-state index in [1.165, 1.54) is 22.7 Å². The normalized spacial score (nSPS) is 27.4. The summed E-state index contributed by atoms with van der Waals surface area (Å²) in [5, 5.41) is 2.93. The minimum Gasteiger partial charge on any atom is -0.371 e. The molecule has 0 radical (unpaired) electrons. The molecule has 0 saturated carbocycles. The van der Waals surface area contributed by atoms with E-state index in [-0.39, 0.29) is 30.6 Å². The van der Waals surface area contributed by atoms with Gasteiger partial charge in [-0.25, -0.2) is 0 Å². The molecule has 2 bridgehead atoms. The van der Waals surface area contributed by atoms with Gasteiger partial charge in [0.15, 0.2) is 0 Å². The number of ether oxygens (including phenoxy) is 1. The van der Waals surface area contributed by atoms with Crippen molar-refractivity contribution in [3.05, 3.63) is 35.9 Å². The van der Waals surface area contributed by atoms with Crippen LogP contribution < -0.4 is 5.32 Å². The van der Waals surface area contributed by atoms with Crippen LogP contribution in [-0.4, -0.2) is 62.3 Å². The Morgan fingerprint density at radius 3 is 2.67 bits per heavy atom. The average molecular weight is 353 g/mol. The molecule has 2 aliphatic rings. The lowest BCUT2D eigenvalue weighted by Crippen LogP contribution is -2.51. The number of fused-ring (bicyclic) bond motifs is 2. The number of hydrogen-bond acceptors (Lipinski definition) is 4. The van der Waals surface area contributed by atoms with E-state index >= 15 is 0 Å². The fourth-order valence-electron chi connectivity index (χ4n) is 3.23. The topological polar surface area (TPSA) is 79.0 Å². The number of nitrogens with one attached hydrogen (secondary N) is 1. The highest BCUT2D eigenvalue weighted by Gasteiger charge is 2.47. The minimum absolute atomic E-state index is 0.0737. The average Bonchev–Trinajstić information content (AvgIpc) is 2.87. The molecule has 0 unspecified atom stereocenters. The first-order valence-electron chi connectivity index (χ1n) is 8.02. The molecule has 1 amide bonds. The lowest BCUT2D eigenvalue weighted by molar-refractivity contribution is -0.127. The van der Waals surface area contributed by atoms with Gasteiger partial charge in [-0.2, -0.15) is 17.0 Å². The maximum atomic E-state index is 12.5. The molecule has 2 aliphatic heterocycles. The van der Waals surface area contributed by atoms with Crippen LogP contribution in [0.3, 0.4) is 0 Å². The van der Waals surface area contributed by atoms with Crippen LogP contribution in [0.1, 0.15) is 12.0 Å². The molecule has 2 fully saturated rings. The molecule has 0 aliphatic carbocycles. The smallest absolute Gasteiger partial charge is 0.281 e. The zero-order valence-corrected chi connectivity index (χ0v) is 14.7. The summed E-state index contributed by atoms with van der Waals surface area (Å²) in [5.41, 5.74) is 1.03. The Bertz CT molecular complexity index is 693. The second kappa shape index (κ2) is 6.79. The first kappa shape index (κ1) is 17.3. The molecule has 8 heteroatoms. The van der Waals surface area contributed by atoms with Gasteiger partial charge in [0.1, 0.15) is 0 Å². The van der Waals surface area contributed by atoms with Crippen molar-refractivity contribution in [2.24, 2.45) is 5.92 Å². The van der Waals surface area contributed by atoms with Gasteiger partial charge in [0.2, 0.25) is 5.91 Å². The largest absolute Gasteiger partial charge is 0.371 e. The lowest BCUT2D eigenvalue weighted by Gasteiger charge is -2.33. The Morgan fingerprint density at radius 2 is 2.00 bits per heavy atom. The number of carbonyl (C=O) groups excluding carboxylic acids is 1. The van der Waals surface area contributed by atoms with Crippen LogP contribution in [-0.2, 0) is 26.3 Å². The minimum atomic E-state index is -3.48. The predicted octanol–water partition coefficient (Wildman–Crippen LogP) is 0.199. The SMILES string of the molecule is CN(C)S(=O)(=O)N1C[C@@H]2C[C@@H](C(=O)NCc3ccccc3)[C@H](C1)O2. The monoisotopic (exact) mass is 353 g/mol. The molecular formula is C16H23N3O4S. The van der Waals surface area contributed by atoms with Crippen LogP contribution in [0.25, 0.3) is 0 Å². The Hall–Kier alpha value is -1.48. The maximum absolute atomic E-state index is 12.5. The van der Waals surface area contributed by atoms with Crippen LogP contribution in [0.2, 0.25) is 0 Å². The van der Waals surface area contributed by atoms with Gasteiger partial charge in [-0.1, -0.05) is 30.3 Å². The van der Waals surface area contributed by atoms with Crippen LogP contribution in [0.5, 0.6) is 0 Å². The van der Waals surface area contributed by atoms with Crippen molar-refractivity contribution in [1.82, 2.24) is 13.9 Å². The van der Waals surface area contributed by atoms with E-state index in [1.54, 1.807) is 0 Å². The molecule has 0 spiro atoms. The summed E-state index contributed by atoms with van der Waals surface area (Å²) in [5.74, 6) is -0.378. The Balaban J connectivity index is 1.62. The van der Waals surface area contributed by atoms with Gasteiger partial charge >= 0.3 is 0 Å². The van der Waals surface area contributed by atoms with E-state index in [0.717, 1.165) is 5.56 Å². The molecule has 1 N–H and O–H groups in total. The lowest BCUT2D eigenvalue weighted by atomic mass is 9.99. The van der Waals surface area contributed by atoms with E-state index < -0.39 is 10.2 Å². The number of rotatable bonds is 5. The van der Waals surface area contributed by atoms with E-state index in [2.05, 4.69) is 5.32 Å².